The standard InChI is InChI=1S/C18H23N5O.ClH/c1-22-12-14(9-21-22)15-10-20-11-16(15)18(24)23-8-2-3-17(23)13-4-6-19-7-5-13;/h4-7,9,12,15-17,20H,2-3,8,10-11H2,1H3;1H/t15-,16+,17?;/m1./s1. The second-order valence-electron chi connectivity index (χ2n) is 6.79. The van der Waals surface area contributed by atoms with Crippen LogP contribution in [0, 0.1) is 5.92 Å². The molecule has 0 saturated carbocycles. The van der Waals surface area contributed by atoms with Crippen LogP contribution in [-0.2, 0) is 11.8 Å². The summed E-state index contributed by atoms with van der Waals surface area (Å²) in [6.07, 6.45) is 9.65. The molecule has 2 saturated heterocycles. The minimum atomic E-state index is -0.00311. The van der Waals surface area contributed by atoms with E-state index >= 15 is 0 Å². The van der Waals surface area contributed by atoms with E-state index in [0.717, 1.165) is 38.0 Å². The summed E-state index contributed by atoms with van der Waals surface area (Å²) in [5.41, 5.74) is 2.35. The van der Waals surface area contributed by atoms with Crippen LogP contribution in [-0.4, -0.2) is 45.2 Å². The van der Waals surface area contributed by atoms with Gasteiger partial charge in [0.15, 0.2) is 0 Å². The SMILES string of the molecule is Cl.Cn1cc([C@H]2CNC[C@@H]2C(=O)N2CCCC2c2ccncc2)cn1. The Bertz CT molecular complexity index is 719. The molecule has 2 aliphatic heterocycles. The lowest BCUT2D eigenvalue weighted by atomic mass is 9.89. The molecule has 4 heterocycles. The second-order valence-corrected chi connectivity index (χ2v) is 6.79. The van der Waals surface area contributed by atoms with Crippen molar-refractivity contribution >= 4 is 18.3 Å². The molecule has 4 rings (SSSR count). The fourth-order valence-electron chi connectivity index (χ4n) is 4.10. The highest BCUT2D eigenvalue weighted by molar-refractivity contribution is 5.85. The smallest absolute Gasteiger partial charge is 0.228 e. The highest BCUT2D eigenvalue weighted by atomic mass is 35.5. The first-order chi connectivity index (χ1) is 11.7. The Balaban J connectivity index is 0.00000182. The second kappa shape index (κ2) is 7.54. The molecule has 134 valence electrons. The third-order valence-corrected chi connectivity index (χ3v) is 5.31. The van der Waals surface area contributed by atoms with Gasteiger partial charge in [0.25, 0.3) is 0 Å². The average molecular weight is 362 g/mol. The van der Waals surface area contributed by atoms with Crippen molar-refractivity contribution in [2.24, 2.45) is 13.0 Å². The summed E-state index contributed by atoms with van der Waals surface area (Å²) in [5, 5.41) is 7.67. The Morgan fingerprint density at radius 3 is 2.76 bits per heavy atom. The maximum absolute atomic E-state index is 13.3. The lowest BCUT2D eigenvalue weighted by Gasteiger charge is -2.29. The molecule has 3 atom stereocenters. The van der Waals surface area contributed by atoms with Gasteiger partial charge in [-0.1, -0.05) is 0 Å². The summed E-state index contributed by atoms with van der Waals surface area (Å²) in [4.78, 5) is 19.4. The van der Waals surface area contributed by atoms with E-state index < -0.39 is 0 Å². The van der Waals surface area contributed by atoms with Crippen molar-refractivity contribution in [3.8, 4) is 0 Å². The predicted octanol–water partition coefficient (Wildman–Crippen LogP) is 1.90. The number of pyridine rings is 1. The molecule has 0 spiro atoms. The summed E-state index contributed by atoms with van der Waals surface area (Å²) >= 11 is 0. The molecule has 0 aliphatic carbocycles. The van der Waals surface area contributed by atoms with Crippen molar-refractivity contribution in [1.82, 2.24) is 25.0 Å². The van der Waals surface area contributed by atoms with Crippen molar-refractivity contribution in [3.05, 3.63) is 48.0 Å². The van der Waals surface area contributed by atoms with E-state index in [0.29, 0.717) is 0 Å². The van der Waals surface area contributed by atoms with Gasteiger partial charge in [0.05, 0.1) is 18.2 Å². The number of hydrogen-bond acceptors (Lipinski definition) is 4. The Morgan fingerprint density at radius 2 is 2.04 bits per heavy atom. The van der Waals surface area contributed by atoms with Gasteiger partial charge in [-0.15, -0.1) is 12.4 Å². The summed E-state index contributed by atoms with van der Waals surface area (Å²) < 4.78 is 1.81. The molecular weight excluding hydrogens is 338 g/mol. The number of carbonyl (C=O) groups is 1. The van der Waals surface area contributed by atoms with Gasteiger partial charge in [0, 0.05) is 51.2 Å². The van der Waals surface area contributed by atoms with Gasteiger partial charge in [-0.2, -0.15) is 5.10 Å². The number of rotatable bonds is 3. The van der Waals surface area contributed by atoms with Crippen molar-refractivity contribution in [1.29, 1.82) is 0 Å². The molecule has 1 amide bonds. The van der Waals surface area contributed by atoms with E-state index in [2.05, 4.69) is 20.3 Å². The average Bonchev–Trinajstić information content (AvgIpc) is 3.34. The first-order valence-electron chi connectivity index (χ1n) is 8.63. The maximum Gasteiger partial charge on any atom is 0.228 e. The van der Waals surface area contributed by atoms with Gasteiger partial charge in [-0.05, 0) is 36.1 Å². The first-order valence-corrected chi connectivity index (χ1v) is 8.63. The molecule has 0 radical (unpaired) electrons. The third-order valence-electron chi connectivity index (χ3n) is 5.31. The van der Waals surface area contributed by atoms with E-state index in [-0.39, 0.29) is 36.2 Å². The summed E-state index contributed by atoms with van der Waals surface area (Å²) in [5.74, 6) is 0.481. The van der Waals surface area contributed by atoms with Gasteiger partial charge in [-0.25, -0.2) is 0 Å². The quantitative estimate of drug-likeness (QED) is 0.907. The van der Waals surface area contributed by atoms with E-state index in [1.54, 1.807) is 0 Å². The van der Waals surface area contributed by atoms with Crippen LogP contribution in [0.3, 0.4) is 0 Å². The molecule has 6 nitrogen and oxygen atoms in total. The number of aromatic nitrogens is 3. The first kappa shape index (κ1) is 17.9. The van der Waals surface area contributed by atoms with E-state index in [4.69, 9.17) is 0 Å². The molecule has 2 aromatic rings. The highest BCUT2D eigenvalue weighted by Gasteiger charge is 2.40. The lowest BCUT2D eigenvalue weighted by molar-refractivity contribution is -0.136. The Hall–Kier alpha value is -1.92. The molecule has 1 N–H and O–H groups in total. The van der Waals surface area contributed by atoms with Gasteiger partial charge < -0.3 is 10.2 Å². The van der Waals surface area contributed by atoms with Crippen molar-refractivity contribution in [2.75, 3.05) is 19.6 Å². The highest BCUT2D eigenvalue weighted by Crippen LogP contribution is 2.36. The van der Waals surface area contributed by atoms with E-state index in [1.165, 1.54) is 5.56 Å². The monoisotopic (exact) mass is 361 g/mol. The number of likely N-dealkylation sites (tertiary alicyclic amines) is 1. The van der Waals surface area contributed by atoms with Crippen molar-refractivity contribution in [2.45, 2.75) is 24.8 Å². The largest absolute Gasteiger partial charge is 0.335 e. The minimum absolute atomic E-state index is 0. The molecule has 2 aliphatic rings. The number of carbonyl (C=O) groups excluding carboxylic acids is 1. The molecule has 25 heavy (non-hydrogen) atoms. The molecule has 2 aromatic heterocycles. The van der Waals surface area contributed by atoms with Gasteiger partial charge in [0.2, 0.25) is 5.91 Å². The molecule has 0 aromatic carbocycles. The van der Waals surface area contributed by atoms with Crippen LogP contribution in [0.2, 0.25) is 0 Å². The summed E-state index contributed by atoms with van der Waals surface area (Å²) in [7, 11) is 1.92. The van der Waals surface area contributed by atoms with Crippen LogP contribution in [0.4, 0.5) is 0 Å². The normalized spacial score (nSPS) is 25.8. The van der Waals surface area contributed by atoms with Gasteiger partial charge >= 0.3 is 0 Å². The van der Waals surface area contributed by atoms with Gasteiger partial charge in [0.1, 0.15) is 0 Å². The molecular formula is C18H24ClN5O. The Kier molecular flexibility index (Phi) is 5.39. The predicted molar refractivity (Wildman–Crippen MR) is 97.5 cm³/mol. The minimum Gasteiger partial charge on any atom is -0.335 e. The van der Waals surface area contributed by atoms with Crippen molar-refractivity contribution in [3.63, 3.8) is 0 Å². The summed E-state index contributed by atoms with van der Waals surface area (Å²) in [6.45, 7) is 2.44. The fraction of sp³-hybridized carbons (Fsp3) is 0.500. The van der Waals surface area contributed by atoms with E-state index in [9.17, 15) is 4.79 Å². The molecule has 2 fully saturated rings. The van der Waals surface area contributed by atoms with Crippen LogP contribution < -0.4 is 5.32 Å². The number of nitrogens with zero attached hydrogens (tertiary/aromatic N) is 4. The summed E-state index contributed by atoms with van der Waals surface area (Å²) in [6, 6.07) is 4.25. The van der Waals surface area contributed by atoms with E-state index in [1.807, 2.05) is 48.6 Å². The number of nitrogens with one attached hydrogen (secondary N) is 1. The van der Waals surface area contributed by atoms with Crippen molar-refractivity contribution < 1.29 is 4.79 Å². The number of aryl methyl sites for hydroxylation is 1. The van der Waals surface area contributed by atoms with Crippen LogP contribution in [0.25, 0.3) is 0 Å². The molecule has 1 unspecified atom stereocenters. The van der Waals surface area contributed by atoms with Crippen LogP contribution >= 0.6 is 12.4 Å². The zero-order valence-corrected chi connectivity index (χ0v) is 15.2. The maximum atomic E-state index is 13.3. The molecule has 0 bridgehead atoms. The topological polar surface area (TPSA) is 63.1 Å². The van der Waals surface area contributed by atoms with Crippen LogP contribution in [0.1, 0.15) is 35.9 Å². The third kappa shape index (κ3) is 3.41. The number of amides is 1. The Morgan fingerprint density at radius 1 is 1.24 bits per heavy atom. The zero-order chi connectivity index (χ0) is 16.5. The number of hydrogen-bond donors (Lipinski definition) is 1. The lowest BCUT2D eigenvalue weighted by Crippen LogP contribution is -2.38. The number of halogens is 1. The van der Waals surface area contributed by atoms with Gasteiger partial charge in [-0.3, -0.25) is 14.5 Å². The zero-order valence-electron chi connectivity index (χ0n) is 14.3. The Labute approximate surface area is 154 Å². The van der Waals surface area contributed by atoms with Crippen LogP contribution in [0.5, 0.6) is 0 Å². The molecule has 7 heteroatoms. The fourth-order valence-corrected chi connectivity index (χ4v) is 4.10. The van der Waals surface area contributed by atoms with Crippen LogP contribution in [0.15, 0.2) is 36.9 Å².